The van der Waals surface area contributed by atoms with Gasteiger partial charge in [-0.25, -0.2) is 0 Å². The molecule has 1 unspecified atom stereocenters. The van der Waals surface area contributed by atoms with Crippen molar-refractivity contribution in [3.8, 4) is 0 Å². The van der Waals surface area contributed by atoms with E-state index in [1.165, 1.54) is 0 Å². The molecule has 0 radical (unpaired) electrons. The van der Waals surface area contributed by atoms with Gasteiger partial charge in [0.15, 0.2) is 6.10 Å². The van der Waals surface area contributed by atoms with Crippen LogP contribution in [0.4, 0.5) is 0 Å². The van der Waals surface area contributed by atoms with Gasteiger partial charge in [-0.1, -0.05) is 0 Å². The number of carboxylic acids is 2. The van der Waals surface area contributed by atoms with Gasteiger partial charge in [-0.05, 0) is 0 Å². The third kappa shape index (κ3) is 2.82. The molecule has 0 bridgehead atoms. The summed E-state index contributed by atoms with van der Waals surface area (Å²) in [6.45, 7) is 0. The molecule has 0 aliphatic carbocycles. The van der Waals surface area contributed by atoms with Crippen molar-refractivity contribution in [3.63, 3.8) is 0 Å². The Bertz CT molecular complexity index is 188. The van der Waals surface area contributed by atoms with Crippen molar-refractivity contribution in [2.24, 2.45) is 0 Å². The van der Waals surface area contributed by atoms with E-state index in [4.69, 9.17) is 15.3 Å². The second-order valence-corrected chi connectivity index (χ2v) is 1.74. The fourth-order valence-electron chi connectivity index (χ4n) is 0.276. The van der Waals surface area contributed by atoms with Gasteiger partial charge in [0.05, 0.1) is 5.97 Å². The fourth-order valence-corrected chi connectivity index (χ4v) is 0.276. The van der Waals surface area contributed by atoms with Gasteiger partial charge in [0, 0.05) is 0 Å². The second kappa shape index (κ2) is 4.46. The normalized spacial score (nSPS) is 12.9. The minimum atomic E-state index is -3.82. The maximum absolute atomic E-state index is 9.70. The number of rotatable bonds is 3. The molecule has 8 heteroatoms. The van der Waals surface area contributed by atoms with Gasteiger partial charge in [0.2, 0.25) is 5.79 Å². The van der Waals surface area contributed by atoms with E-state index in [0.29, 0.717) is 0 Å². The van der Waals surface area contributed by atoms with E-state index in [2.05, 4.69) is 0 Å². The van der Waals surface area contributed by atoms with E-state index in [9.17, 15) is 19.8 Å². The Balaban J connectivity index is 0. The first-order valence-corrected chi connectivity index (χ1v) is 2.35. The molecule has 7 nitrogen and oxygen atoms in total. The van der Waals surface area contributed by atoms with Crippen LogP contribution in [0.15, 0.2) is 0 Å². The Morgan fingerprint density at radius 1 is 1.25 bits per heavy atom. The van der Waals surface area contributed by atoms with Crippen molar-refractivity contribution < 1.29 is 54.6 Å². The molecule has 0 fully saturated rings. The Morgan fingerprint density at radius 2 is 1.58 bits per heavy atom. The number of aliphatic carboxylic acids is 2. The summed E-state index contributed by atoms with van der Waals surface area (Å²) in [6, 6.07) is 0. The summed E-state index contributed by atoms with van der Waals surface area (Å²) in [5, 5.41) is 44.1. The third-order valence-electron chi connectivity index (χ3n) is 0.905. The van der Waals surface area contributed by atoms with Crippen LogP contribution >= 0.6 is 0 Å². The molecule has 0 heterocycles. The van der Waals surface area contributed by atoms with Gasteiger partial charge in [-0.3, -0.25) is 0 Å². The molecule has 0 aliphatic rings. The number of aliphatic hydroxyl groups excluding tert-OH is 1. The fraction of sp³-hybridized carbons (Fsp3) is 0.500. The third-order valence-corrected chi connectivity index (χ3v) is 0.905. The Hall–Kier alpha value is -0.557. The minimum absolute atomic E-state index is 0. The zero-order valence-electron chi connectivity index (χ0n) is 5.76. The van der Waals surface area contributed by atoms with Crippen molar-refractivity contribution in [1.29, 1.82) is 0 Å². The van der Waals surface area contributed by atoms with Gasteiger partial charge in [0.1, 0.15) is 5.97 Å². The molecule has 0 aromatic carbocycles. The van der Waals surface area contributed by atoms with Crippen LogP contribution in [0, 0.1) is 0 Å². The molecule has 1 atom stereocenters. The van der Waals surface area contributed by atoms with Gasteiger partial charge in [-0.15, -0.1) is 0 Å². The van der Waals surface area contributed by atoms with Gasteiger partial charge in [0.25, 0.3) is 0 Å². The predicted octanol–water partition coefficient (Wildman–Crippen LogP) is -5.47. The van der Waals surface area contributed by atoms with Crippen LogP contribution < -0.4 is 10.2 Å². The summed E-state index contributed by atoms with van der Waals surface area (Å²) in [7, 11) is 0. The molecular weight excluding hydrogens is 225 g/mol. The molecule has 0 saturated heterocycles. The average Bonchev–Trinajstić information content (AvgIpc) is 1.85. The molecule has 0 aromatic heterocycles. The van der Waals surface area contributed by atoms with E-state index in [1.54, 1.807) is 0 Å². The summed E-state index contributed by atoms with van der Waals surface area (Å²) in [4.78, 5) is 19.4. The molecular formula is C4H4O7Zn. The van der Waals surface area contributed by atoms with Crippen LogP contribution in [0.1, 0.15) is 0 Å². The number of carbonyl (C=O) groups is 2. The van der Waals surface area contributed by atoms with Crippen LogP contribution in [0.25, 0.3) is 0 Å². The first-order chi connectivity index (χ1) is 4.80. The Kier molecular flexibility index (Phi) is 5.21. The predicted molar refractivity (Wildman–Crippen MR) is 23.2 cm³/mol. The molecule has 12 heavy (non-hydrogen) atoms. The number of carbonyl (C=O) groups excluding carboxylic acids is 2. The standard InChI is InChI=1S/C4H6O7.Zn/c5-1(2(6)7)4(10,11)3(8)9;/h1,5,10-11H,(H,6,7)(H,8,9);/q;+2/p-2. The Labute approximate surface area is 79.0 Å². The first kappa shape index (κ1) is 14.0. The summed E-state index contributed by atoms with van der Waals surface area (Å²) in [5.74, 6) is -8.66. The first-order valence-electron chi connectivity index (χ1n) is 2.35. The summed E-state index contributed by atoms with van der Waals surface area (Å²) in [6.07, 6.45) is -2.94. The van der Waals surface area contributed by atoms with Crippen molar-refractivity contribution in [2.75, 3.05) is 0 Å². The van der Waals surface area contributed by atoms with Crippen molar-refractivity contribution in [2.45, 2.75) is 11.9 Å². The largest absolute Gasteiger partial charge is 2.00 e. The molecule has 3 N–H and O–H groups in total. The summed E-state index contributed by atoms with van der Waals surface area (Å²) < 4.78 is 0. The van der Waals surface area contributed by atoms with Crippen molar-refractivity contribution >= 4 is 11.9 Å². The number of aliphatic hydroxyl groups is 3. The summed E-state index contributed by atoms with van der Waals surface area (Å²) in [5.41, 5.74) is 0. The molecule has 0 saturated carbocycles. The zero-order chi connectivity index (χ0) is 9.23. The molecule has 0 amide bonds. The zero-order valence-corrected chi connectivity index (χ0v) is 8.73. The van der Waals surface area contributed by atoms with Gasteiger partial charge in [-0.2, -0.15) is 0 Å². The van der Waals surface area contributed by atoms with Crippen LogP contribution in [0.3, 0.4) is 0 Å². The minimum Gasteiger partial charge on any atom is -0.547 e. The van der Waals surface area contributed by atoms with Crippen molar-refractivity contribution in [1.82, 2.24) is 0 Å². The maximum Gasteiger partial charge on any atom is 2.00 e. The monoisotopic (exact) mass is 228 g/mol. The van der Waals surface area contributed by atoms with E-state index >= 15 is 0 Å². The maximum atomic E-state index is 9.70. The molecule has 0 aromatic rings. The van der Waals surface area contributed by atoms with E-state index in [0.717, 1.165) is 0 Å². The Morgan fingerprint density at radius 3 is 1.67 bits per heavy atom. The SMILES string of the molecule is O=C([O-])C(O)C(O)(O)C(=O)[O-].[Zn+2]. The molecule has 64 valence electrons. The number of hydrogen-bond acceptors (Lipinski definition) is 7. The van der Waals surface area contributed by atoms with E-state index < -0.39 is 23.8 Å². The van der Waals surface area contributed by atoms with Gasteiger partial charge < -0.3 is 35.1 Å². The molecule has 0 spiro atoms. The summed E-state index contributed by atoms with van der Waals surface area (Å²) >= 11 is 0. The van der Waals surface area contributed by atoms with E-state index in [-0.39, 0.29) is 19.5 Å². The topological polar surface area (TPSA) is 141 Å². The average molecular weight is 229 g/mol. The van der Waals surface area contributed by atoms with Crippen LogP contribution in [-0.2, 0) is 29.1 Å². The van der Waals surface area contributed by atoms with Gasteiger partial charge >= 0.3 is 19.5 Å². The second-order valence-electron chi connectivity index (χ2n) is 1.74. The quantitative estimate of drug-likeness (QED) is 0.324. The van der Waals surface area contributed by atoms with Crippen LogP contribution in [-0.4, -0.2) is 39.1 Å². The van der Waals surface area contributed by atoms with Crippen molar-refractivity contribution in [3.05, 3.63) is 0 Å². The number of hydrogen-bond donors (Lipinski definition) is 3. The van der Waals surface area contributed by atoms with Crippen LogP contribution in [0.2, 0.25) is 0 Å². The van der Waals surface area contributed by atoms with E-state index in [1.807, 2.05) is 0 Å². The van der Waals surface area contributed by atoms with Crippen LogP contribution in [0.5, 0.6) is 0 Å². The number of carboxylic acid groups (broad SMARTS) is 2. The smallest absolute Gasteiger partial charge is 0.547 e. The molecule has 0 aliphatic heterocycles. The molecule has 0 rings (SSSR count).